The molecule has 1 aromatic rings. The van der Waals surface area contributed by atoms with Crippen molar-refractivity contribution in [1.29, 1.82) is 0 Å². The van der Waals surface area contributed by atoms with Crippen molar-refractivity contribution in [3.63, 3.8) is 0 Å². The molecule has 1 aromatic carbocycles. The number of carboxylic acid groups (broad SMARTS) is 1. The first-order chi connectivity index (χ1) is 6.65. The second-order valence-electron chi connectivity index (χ2n) is 3.16. The SMILES string of the molecule is O=C(O)Cc1ccc2c(c1)OC(=O)C2. The van der Waals surface area contributed by atoms with Crippen molar-refractivity contribution in [2.45, 2.75) is 12.8 Å². The number of carbonyl (C=O) groups is 2. The minimum atomic E-state index is -0.894. The largest absolute Gasteiger partial charge is 0.481 e. The number of rotatable bonds is 2. The van der Waals surface area contributed by atoms with Crippen LogP contribution in [-0.4, -0.2) is 17.0 Å². The number of ether oxygens (including phenoxy) is 1. The number of carboxylic acids is 1. The predicted octanol–water partition coefficient (Wildman–Crippen LogP) is 0.775. The summed E-state index contributed by atoms with van der Waals surface area (Å²) in [6.45, 7) is 0. The standard InChI is InChI=1S/C10H8O4/c11-9(12)4-6-1-2-7-5-10(13)14-8(7)3-6/h1-3H,4-5H2,(H,11,12). The van der Waals surface area contributed by atoms with Crippen LogP contribution in [0.5, 0.6) is 5.75 Å². The van der Waals surface area contributed by atoms with Gasteiger partial charge in [-0.1, -0.05) is 12.1 Å². The van der Waals surface area contributed by atoms with Crippen LogP contribution in [0.1, 0.15) is 11.1 Å². The summed E-state index contributed by atoms with van der Waals surface area (Å²) in [7, 11) is 0. The fraction of sp³-hybridized carbons (Fsp3) is 0.200. The molecule has 1 aliphatic rings. The Morgan fingerprint density at radius 2 is 2.29 bits per heavy atom. The maximum absolute atomic E-state index is 10.9. The summed E-state index contributed by atoms with van der Waals surface area (Å²) in [6, 6.07) is 5.04. The average molecular weight is 192 g/mol. The van der Waals surface area contributed by atoms with Gasteiger partial charge in [0.25, 0.3) is 0 Å². The fourth-order valence-corrected chi connectivity index (χ4v) is 1.44. The Morgan fingerprint density at radius 3 is 3.00 bits per heavy atom. The zero-order chi connectivity index (χ0) is 10.1. The summed E-state index contributed by atoms with van der Waals surface area (Å²) >= 11 is 0. The molecule has 0 saturated heterocycles. The minimum Gasteiger partial charge on any atom is -0.481 e. The molecular formula is C10H8O4. The third-order valence-electron chi connectivity index (χ3n) is 2.05. The number of carbonyl (C=O) groups excluding carboxylic acids is 1. The molecule has 4 nitrogen and oxygen atoms in total. The van der Waals surface area contributed by atoms with Gasteiger partial charge in [-0.3, -0.25) is 9.59 Å². The van der Waals surface area contributed by atoms with E-state index < -0.39 is 5.97 Å². The molecule has 1 heterocycles. The van der Waals surface area contributed by atoms with Crippen molar-refractivity contribution in [2.24, 2.45) is 0 Å². The van der Waals surface area contributed by atoms with Crippen LogP contribution in [-0.2, 0) is 22.4 Å². The Kier molecular flexibility index (Phi) is 1.96. The molecule has 72 valence electrons. The van der Waals surface area contributed by atoms with Gasteiger partial charge in [-0.15, -0.1) is 0 Å². The Morgan fingerprint density at radius 1 is 1.50 bits per heavy atom. The third-order valence-corrected chi connectivity index (χ3v) is 2.05. The van der Waals surface area contributed by atoms with Gasteiger partial charge in [-0.05, 0) is 11.6 Å². The lowest BCUT2D eigenvalue weighted by Gasteiger charge is -2.00. The van der Waals surface area contributed by atoms with E-state index in [1.165, 1.54) is 0 Å². The minimum absolute atomic E-state index is 0.0508. The Labute approximate surface area is 80.1 Å². The van der Waals surface area contributed by atoms with E-state index in [1.54, 1.807) is 18.2 Å². The molecule has 0 spiro atoms. The predicted molar refractivity (Wildman–Crippen MR) is 47.1 cm³/mol. The summed E-state index contributed by atoms with van der Waals surface area (Å²) in [6.07, 6.45) is 0.230. The van der Waals surface area contributed by atoms with E-state index in [0.717, 1.165) is 5.56 Å². The van der Waals surface area contributed by atoms with Crippen LogP contribution >= 0.6 is 0 Å². The maximum Gasteiger partial charge on any atom is 0.315 e. The lowest BCUT2D eigenvalue weighted by molar-refractivity contribution is -0.136. The lowest BCUT2D eigenvalue weighted by atomic mass is 10.1. The van der Waals surface area contributed by atoms with Crippen molar-refractivity contribution < 1.29 is 19.4 Å². The molecule has 0 unspecified atom stereocenters. The topological polar surface area (TPSA) is 63.6 Å². The zero-order valence-corrected chi connectivity index (χ0v) is 7.32. The first-order valence-electron chi connectivity index (χ1n) is 4.19. The van der Waals surface area contributed by atoms with Crippen LogP contribution in [0.25, 0.3) is 0 Å². The summed E-state index contributed by atoms with van der Waals surface area (Å²) in [5, 5.41) is 8.56. The van der Waals surface area contributed by atoms with Gasteiger partial charge in [0.2, 0.25) is 0 Å². The van der Waals surface area contributed by atoms with E-state index in [2.05, 4.69) is 0 Å². The van der Waals surface area contributed by atoms with Gasteiger partial charge in [0.05, 0.1) is 12.8 Å². The average Bonchev–Trinajstić information content (AvgIpc) is 2.42. The van der Waals surface area contributed by atoms with Crippen molar-refractivity contribution in [3.8, 4) is 5.75 Å². The molecule has 2 rings (SSSR count). The molecule has 1 aliphatic heterocycles. The van der Waals surface area contributed by atoms with E-state index >= 15 is 0 Å². The van der Waals surface area contributed by atoms with E-state index in [4.69, 9.17) is 9.84 Å². The number of hydrogen-bond donors (Lipinski definition) is 1. The van der Waals surface area contributed by atoms with Crippen LogP contribution in [0.2, 0.25) is 0 Å². The molecule has 0 amide bonds. The monoisotopic (exact) mass is 192 g/mol. The molecular weight excluding hydrogens is 184 g/mol. The highest BCUT2D eigenvalue weighted by molar-refractivity contribution is 5.81. The third kappa shape index (κ3) is 1.59. The molecule has 1 N–H and O–H groups in total. The molecule has 4 heteroatoms. The van der Waals surface area contributed by atoms with Crippen LogP contribution in [0, 0.1) is 0 Å². The molecule has 0 atom stereocenters. The van der Waals surface area contributed by atoms with Crippen molar-refractivity contribution in [2.75, 3.05) is 0 Å². The van der Waals surface area contributed by atoms with Crippen LogP contribution < -0.4 is 4.74 Å². The van der Waals surface area contributed by atoms with Crippen molar-refractivity contribution in [1.82, 2.24) is 0 Å². The second kappa shape index (κ2) is 3.14. The summed E-state index contributed by atoms with van der Waals surface area (Å²) in [5.74, 6) is -0.685. The number of hydrogen-bond acceptors (Lipinski definition) is 3. The zero-order valence-electron chi connectivity index (χ0n) is 7.32. The highest BCUT2D eigenvalue weighted by Crippen LogP contribution is 2.26. The number of fused-ring (bicyclic) bond motifs is 1. The molecule has 0 aromatic heterocycles. The molecule has 0 radical (unpaired) electrons. The van der Waals surface area contributed by atoms with Crippen LogP contribution in [0.4, 0.5) is 0 Å². The van der Waals surface area contributed by atoms with E-state index in [9.17, 15) is 9.59 Å². The lowest BCUT2D eigenvalue weighted by Crippen LogP contribution is -2.01. The van der Waals surface area contributed by atoms with Crippen LogP contribution in [0.15, 0.2) is 18.2 Å². The number of aliphatic carboxylic acids is 1. The number of benzene rings is 1. The smallest absolute Gasteiger partial charge is 0.315 e. The van der Waals surface area contributed by atoms with Gasteiger partial charge in [-0.25, -0.2) is 0 Å². The Bertz CT molecular complexity index is 409. The molecule has 14 heavy (non-hydrogen) atoms. The van der Waals surface area contributed by atoms with Crippen molar-refractivity contribution in [3.05, 3.63) is 29.3 Å². The van der Waals surface area contributed by atoms with Gasteiger partial charge < -0.3 is 9.84 Å². The first-order valence-corrected chi connectivity index (χ1v) is 4.19. The molecule has 0 fully saturated rings. The van der Waals surface area contributed by atoms with E-state index in [1.807, 2.05) is 0 Å². The molecule has 0 aliphatic carbocycles. The second-order valence-corrected chi connectivity index (χ2v) is 3.16. The Balaban J connectivity index is 2.28. The van der Waals surface area contributed by atoms with Gasteiger partial charge in [0.1, 0.15) is 5.75 Å². The first kappa shape index (κ1) is 8.74. The normalized spacial score (nSPS) is 13.6. The van der Waals surface area contributed by atoms with Crippen LogP contribution in [0.3, 0.4) is 0 Å². The van der Waals surface area contributed by atoms with Gasteiger partial charge in [-0.2, -0.15) is 0 Å². The summed E-state index contributed by atoms with van der Waals surface area (Å²) < 4.78 is 4.90. The highest BCUT2D eigenvalue weighted by atomic mass is 16.5. The quantitative estimate of drug-likeness (QED) is 0.555. The Hall–Kier alpha value is -1.84. The molecule has 0 bridgehead atoms. The van der Waals surface area contributed by atoms with E-state index in [-0.39, 0.29) is 18.8 Å². The fourth-order valence-electron chi connectivity index (χ4n) is 1.44. The van der Waals surface area contributed by atoms with Gasteiger partial charge in [0.15, 0.2) is 0 Å². The van der Waals surface area contributed by atoms with Crippen molar-refractivity contribution >= 4 is 11.9 Å². The maximum atomic E-state index is 10.9. The summed E-state index contributed by atoms with van der Waals surface area (Å²) in [4.78, 5) is 21.3. The van der Waals surface area contributed by atoms with E-state index in [0.29, 0.717) is 11.3 Å². The highest BCUT2D eigenvalue weighted by Gasteiger charge is 2.20. The number of esters is 1. The summed E-state index contributed by atoms with van der Waals surface area (Å²) in [5.41, 5.74) is 1.47. The van der Waals surface area contributed by atoms with Gasteiger partial charge in [0, 0.05) is 5.56 Å². The van der Waals surface area contributed by atoms with Gasteiger partial charge >= 0.3 is 11.9 Å². The molecule has 0 saturated carbocycles.